The zero-order valence-corrected chi connectivity index (χ0v) is 22.9. The summed E-state index contributed by atoms with van der Waals surface area (Å²) in [6.45, 7) is 7.69. The van der Waals surface area contributed by atoms with E-state index in [1.54, 1.807) is 23.1 Å². The van der Waals surface area contributed by atoms with Crippen LogP contribution in [0, 0.1) is 11.3 Å². The van der Waals surface area contributed by atoms with Crippen molar-refractivity contribution in [3.05, 3.63) is 65.2 Å². The Morgan fingerprint density at radius 3 is 2.47 bits per heavy atom. The highest BCUT2D eigenvalue weighted by atomic mass is 32.2. The van der Waals surface area contributed by atoms with Crippen molar-refractivity contribution in [2.75, 3.05) is 18.8 Å². The molecule has 4 rings (SSSR count). The SMILES string of the molecule is C[Si](C)(C)CCS(=O)(=O)c1[nH]c2ccc(C#N)cc2c1C1CCN(C(=O)OCc2ccccc2)CC1. The summed E-state index contributed by atoms with van der Waals surface area (Å²) in [6, 6.07) is 17.7. The van der Waals surface area contributed by atoms with Crippen molar-refractivity contribution in [2.24, 2.45) is 0 Å². The predicted octanol–water partition coefficient (Wildman–Crippen LogP) is 5.67. The first-order valence-electron chi connectivity index (χ1n) is 12.3. The average Bonchev–Trinajstić information content (AvgIpc) is 3.26. The van der Waals surface area contributed by atoms with E-state index in [0.29, 0.717) is 37.5 Å². The van der Waals surface area contributed by atoms with Gasteiger partial charge in [-0.25, -0.2) is 13.2 Å². The first-order chi connectivity index (χ1) is 17.1. The number of nitrogens with zero attached hydrogens (tertiary/aromatic N) is 2. The molecule has 0 saturated carbocycles. The minimum atomic E-state index is -3.53. The number of piperidine rings is 1. The van der Waals surface area contributed by atoms with E-state index < -0.39 is 17.9 Å². The van der Waals surface area contributed by atoms with E-state index in [4.69, 9.17) is 4.74 Å². The molecule has 0 radical (unpaired) electrons. The van der Waals surface area contributed by atoms with Gasteiger partial charge in [-0.05, 0) is 54.1 Å². The molecule has 0 atom stereocenters. The van der Waals surface area contributed by atoms with Gasteiger partial charge in [0.2, 0.25) is 0 Å². The summed E-state index contributed by atoms with van der Waals surface area (Å²) in [5.74, 6) is 0.0701. The second-order valence-electron chi connectivity index (χ2n) is 10.7. The fourth-order valence-corrected chi connectivity index (χ4v) is 9.22. The maximum absolute atomic E-state index is 13.5. The van der Waals surface area contributed by atoms with Crippen LogP contribution in [-0.2, 0) is 21.2 Å². The topological polar surface area (TPSA) is 103 Å². The van der Waals surface area contributed by atoms with Crippen LogP contribution in [0.15, 0.2) is 53.6 Å². The van der Waals surface area contributed by atoms with E-state index in [1.165, 1.54) is 0 Å². The Hall–Kier alpha value is -3.09. The molecule has 0 bridgehead atoms. The van der Waals surface area contributed by atoms with Crippen molar-refractivity contribution in [2.45, 2.75) is 56.1 Å². The molecule has 2 aromatic carbocycles. The van der Waals surface area contributed by atoms with Crippen LogP contribution in [0.1, 0.15) is 35.4 Å². The number of nitriles is 1. The second-order valence-corrected chi connectivity index (χ2v) is 18.3. The smallest absolute Gasteiger partial charge is 0.410 e. The quantitative estimate of drug-likeness (QED) is 0.402. The normalized spacial score (nSPS) is 15.1. The Balaban J connectivity index is 1.56. The van der Waals surface area contributed by atoms with E-state index in [-0.39, 0.29) is 29.4 Å². The first-order valence-corrected chi connectivity index (χ1v) is 17.7. The molecule has 9 heteroatoms. The van der Waals surface area contributed by atoms with Crippen molar-refractivity contribution in [1.29, 1.82) is 5.26 Å². The third kappa shape index (κ3) is 5.99. The molecule has 7 nitrogen and oxygen atoms in total. The lowest BCUT2D eigenvalue weighted by atomic mass is 9.89. The number of carbonyl (C=O) groups is 1. The molecule has 1 N–H and O–H groups in total. The van der Waals surface area contributed by atoms with Crippen molar-refractivity contribution >= 4 is 34.9 Å². The summed E-state index contributed by atoms with van der Waals surface area (Å²) >= 11 is 0. The van der Waals surface area contributed by atoms with Gasteiger partial charge < -0.3 is 14.6 Å². The number of sulfone groups is 1. The number of hydrogen-bond acceptors (Lipinski definition) is 5. The zero-order chi connectivity index (χ0) is 25.9. The lowest BCUT2D eigenvalue weighted by molar-refractivity contribution is 0.0869. The molecular formula is C27H33N3O4SSi. The molecule has 0 aliphatic carbocycles. The second kappa shape index (κ2) is 10.5. The summed E-state index contributed by atoms with van der Waals surface area (Å²) in [5, 5.41) is 10.5. The predicted molar refractivity (Wildman–Crippen MR) is 143 cm³/mol. The molecule has 36 heavy (non-hydrogen) atoms. The molecule has 1 aromatic heterocycles. The zero-order valence-electron chi connectivity index (χ0n) is 21.1. The van der Waals surface area contributed by atoms with Gasteiger partial charge in [0.15, 0.2) is 9.84 Å². The van der Waals surface area contributed by atoms with Crippen LogP contribution in [0.25, 0.3) is 10.9 Å². The fourth-order valence-electron chi connectivity index (χ4n) is 4.61. The number of nitrogens with one attached hydrogen (secondary N) is 1. The molecule has 1 aliphatic rings. The van der Waals surface area contributed by atoms with Crippen molar-refractivity contribution in [1.82, 2.24) is 9.88 Å². The van der Waals surface area contributed by atoms with E-state index in [0.717, 1.165) is 22.0 Å². The number of amides is 1. The van der Waals surface area contributed by atoms with E-state index in [9.17, 15) is 18.5 Å². The number of carbonyl (C=O) groups excluding carboxylic acids is 1. The number of likely N-dealkylation sites (tertiary alicyclic amines) is 1. The van der Waals surface area contributed by atoms with Gasteiger partial charge in [0.05, 0.1) is 17.4 Å². The minimum Gasteiger partial charge on any atom is -0.445 e. The van der Waals surface area contributed by atoms with Crippen LogP contribution < -0.4 is 0 Å². The maximum atomic E-state index is 13.5. The Morgan fingerprint density at radius 1 is 1.14 bits per heavy atom. The number of ether oxygens (including phenoxy) is 1. The molecule has 0 unspecified atom stereocenters. The highest BCUT2D eigenvalue weighted by molar-refractivity contribution is 7.91. The summed E-state index contributed by atoms with van der Waals surface area (Å²) in [6.07, 6.45) is 0.896. The van der Waals surface area contributed by atoms with E-state index in [2.05, 4.69) is 30.7 Å². The van der Waals surface area contributed by atoms with Gasteiger partial charge in [0.25, 0.3) is 0 Å². The minimum absolute atomic E-state index is 0.0393. The lowest BCUT2D eigenvalue weighted by Gasteiger charge is -2.31. The number of aromatic nitrogens is 1. The van der Waals surface area contributed by atoms with Crippen LogP contribution in [0.3, 0.4) is 0 Å². The molecular weight excluding hydrogens is 490 g/mol. The van der Waals surface area contributed by atoms with Gasteiger partial charge in [-0.1, -0.05) is 50.0 Å². The van der Waals surface area contributed by atoms with E-state index >= 15 is 0 Å². The number of rotatable bonds is 7. The Labute approximate surface area is 214 Å². The highest BCUT2D eigenvalue weighted by Gasteiger charge is 2.33. The van der Waals surface area contributed by atoms with Gasteiger partial charge in [-0.3, -0.25) is 0 Å². The van der Waals surface area contributed by atoms with Crippen LogP contribution in [0.4, 0.5) is 4.79 Å². The Morgan fingerprint density at radius 2 is 1.83 bits per heavy atom. The van der Waals surface area contributed by atoms with Gasteiger partial charge in [0.1, 0.15) is 11.6 Å². The third-order valence-electron chi connectivity index (χ3n) is 6.73. The number of benzene rings is 2. The standard InChI is InChI=1S/C27H33N3O4SSi/c1-36(2,3)16-15-35(32,33)26-25(23-17-21(18-28)9-10-24(23)29-26)22-11-13-30(14-12-22)27(31)34-19-20-7-5-4-6-8-20/h4-10,17,22,29H,11-16,19H2,1-3H3. The first kappa shape index (κ1) is 26.0. The maximum Gasteiger partial charge on any atom is 0.410 e. The van der Waals surface area contributed by atoms with Crippen LogP contribution in [0.5, 0.6) is 0 Å². The summed E-state index contributed by atoms with van der Waals surface area (Å²) in [4.78, 5) is 17.5. The van der Waals surface area contributed by atoms with Crippen LogP contribution in [-0.4, -0.2) is 51.3 Å². The van der Waals surface area contributed by atoms with Gasteiger partial charge in [-0.2, -0.15) is 5.26 Å². The monoisotopic (exact) mass is 523 g/mol. The molecule has 190 valence electrons. The molecule has 3 aromatic rings. The molecule has 1 saturated heterocycles. The molecule has 1 fully saturated rings. The molecule has 2 heterocycles. The van der Waals surface area contributed by atoms with Crippen molar-refractivity contribution in [3.63, 3.8) is 0 Å². The highest BCUT2D eigenvalue weighted by Crippen LogP contribution is 2.39. The molecule has 0 spiro atoms. The number of aromatic amines is 1. The lowest BCUT2D eigenvalue weighted by Crippen LogP contribution is -2.38. The van der Waals surface area contributed by atoms with Crippen molar-refractivity contribution in [3.8, 4) is 6.07 Å². The van der Waals surface area contributed by atoms with Gasteiger partial charge >= 0.3 is 6.09 Å². The van der Waals surface area contributed by atoms with Gasteiger partial charge in [0, 0.05) is 32.1 Å². The Kier molecular flexibility index (Phi) is 7.57. The number of fused-ring (bicyclic) bond motifs is 1. The number of hydrogen-bond donors (Lipinski definition) is 1. The Bertz CT molecular complexity index is 1380. The summed E-state index contributed by atoms with van der Waals surface area (Å²) in [5.41, 5.74) is 2.91. The van der Waals surface area contributed by atoms with Gasteiger partial charge in [-0.15, -0.1) is 0 Å². The molecule has 1 aliphatic heterocycles. The number of H-pyrrole nitrogens is 1. The largest absolute Gasteiger partial charge is 0.445 e. The average molecular weight is 524 g/mol. The summed E-state index contributed by atoms with van der Waals surface area (Å²) < 4.78 is 32.5. The molecule has 1 amide bonds. The van der Waals surface area contributed by atoms with Crippen LogP contribution in [0.2, 0.25) is 25.7 Å². The summed E-state index contributed by atoms with van der Waals surface area (Å²) in [7, 11) is -5.09. The van der Waals surface area contributed by atoms with E-state index in [1.807, 2.05) is 30.3 Å². The van der Waals surface area contributed by atoms with Crippen molar-refractivity contribution < 1.29 is 17.9 Å². The van der Waals surface area contributed by atoms with Crippen LogP contribution >= 0.6 is 0 Å². The fraction of sp³-hybridized carbons (Fsp3) is 0.407. The third-order valence-corrected chi connectivity index (χ3v) is 10.5.